The molecule has 1 saturated heterocycles. The zero-order chi connectivity index (χ0) is 10.6. The standard InChI is InChI=1S/C9H16N2O3/c1-7(12)5-10-2-3-11-6-8(13)4-9(11)14/h7,10,12H,2-6H2,1H3. The zero-order valence-electron chi connectivity index (χ0n) is 8.32. The number of ketones is 1. The lowest BCUT2D eigenvalue weighted by atomic mass is 10.3. The van der Waals surface area contributed by atoms with E-state index in [2.05, 4.69) is 5.32 Å². The van der Waals surface area contributed by atoms with Crippen LogP contribution in [-0.4, -0.2) is 54.0 Å². The quantitative estimate of drug-likeness (QED) is 0.430. The van der Waals surface area contributed by atoms with Gasteiger partial charge in [-0.1, -0.05) is 0 Å². The fourth-order valence-electron chi connectivity index (χ4n) is 1.37. The van der Waals surface area contributed by atoms with Crippen molar-refractivity contribution in [3.05, 3.63) is 0 Å². The van der Waals surface area contributed by atoms with E-state index in [-0.39, 0.29) is 30.8 Å². The van der Waals surface area contributed by atoms with Crippen molar-refractivity contribution >= 4 is 11.7 Å². The van der Waals surface area contributed by atoms with Gasteiger partial charge in [0.05, 0.1) is 19.1 Å². The van der Waals surface area contributed by atoms with E-state index >= 15 is 0 Å². The maximum absolute atomic E-state index is 11.1. The van der Waals surface area contributed by atoms with Gasteiger partial charge >= 0.3 is 0 Å². The smallest absolute Gasteiger partial charge is 0.230 e. The van der Waals surface area contributed by atoms with E-state index in [1.807, 2.05) is 0 Å². The molecule has 1 atom stereocenters. The summed E-state index contributed by atoms with van der Waals surface area (Å²) >= 11 is 0. The molecule has 5 nitrogen and oxygen atoms in total. The van der Waals surface area contributed by atoms with E-state index in [0.29, 0.717) is 19.6 Å². The highest BCUT2D eigenvalue weighted by Gasteiger charge is 2.26. The van der Waals surface area contributed by atoms with Crippen molar-refractivity contribution in [1.82, 2.24) is 10.2 Å². The number of aliphatic hydroxyl groups is 1. The SMILES string of the molecule is CC(O)CNCCN1CC(=O)CC1=O. The Bertz CT molecular complexity index is 228. The van der Waals surface area contributed by atoms with Crippen molar-refractivity contribution < 1.29 is 14.7 Å². The molecule has 1 rings (SSSR count). The van der Waals surface area contributed by atoms with Crippen LogP contribution in [0.4, 0.5) is 0 Å². The number of carbonyl (C=O) groups excluding carboxylic acids is 2. The van der Waals surface area contributed by atoms with Gasteiger partial charge in [-0.05, 0) is 6.92 Å². The van der Waals surface area contributed by atoms with E-state index in [9.17, 15) is 9.59 Å². The summed E-state index contributed by atoms with van der Waals surface area (Å²) < 4.78 is 0. The van der Waals surface area contributed by atoms with Gasteiger partial charge in [-0.25, -0.2) is 0 Å². The molecule has 0 aromatic heterocycles. The zero-order valence-corrected chi connectivity index (χ0v) is 8.32. The Morgan fingerprint density at radius 2 is 2.29 bits per heavy atom. The normalized spacial score (nSPS) is 19.1. The highest BCUT2D eigenvalue weighted by molar-refractivity contribution is 6.05. The Labute approximate surface area is 83.1 Å². The molecule has 1 aliphatic heterocycles. The van der Waals surface area contributed by atoms with E-state index < -0.39 is 0 Å². The number of amides is 1. The van der Waals surface area contributed by atoms with Gasteiger partial charge in [0.1, 0.15) is 0 Å². The summed E-state index contributed by atoms with van der Waals surface area (Å²) in [4.78, 5) is 23.6. The minimum Gasteiger partial charge on any atom is -0.392 e. The average Bonchev–Trinajstić information content (AvgIpc) is 2.39. The lowest BCUT2D eigenvalue weighted by Gasteiger charge is -2.15. The van der Waals surface area contributed by atoms with Gasteiger partial charge in [0.25, 0.3) is 0 Å². The van der Waals surface area contributed by atoms with Gasteiger partial charge < -0.3 is 15.3 Å². The highest BCUT2D eigenvalue weighted by Crippen LogP contribution is 2.04. The van der Waals surface area contributed by atoms with Crippen LogP contribution in [0.3, 0.4) is 0 Å². The minimum absolute atomic E-state index is 0.00877. The molecule has 0 radical (unpaired) electrons. The van der Waals surface area contributed by atoms with Crippen molar-refractivity contribution in [2.24, 2.45) is 0 Å². The number of likely N-dealkylation sites (tertiary alicyclic amines) is 1. The summed E-state index contributed by atoms with van der Waals surface area (Å²) in [6.45, 7) is 3.60. The topological polar surface area (TPSA) is 69.6 Å². The fraction of sp³-hybridized carbons (Fsp3) is 0.778. The van der Waals surface area contributed by atoms with Crippen molar-refractivity contribution in [1.29, 1.82) is 0 Å². The maximum Gasteiger partial charge on any atom is 0.230 e. The number of aliphatic hydroxyl groups excluding tert-OH is 1. The van der Waals surface area contributed by atoms with Crippen molar-refractivity contribution in [2.75, 3.05) is 26.2 Å². The molecule has 0 aromatic carbocycles. The summed E-state index contributed by atoms with van der Waals surface area (Å²) in [6.07, 6.45) is -0.331. The molecule has 1 amide bonds. The summed E-state index contributed by atoms with van der Waals surface area (Å²) in [5.41, 5.74) is 0. The number of hydrogen-bond acceptors (Lipinski definition) is 4. The molecule has 0 saturated carbocycles. The van der Waals surface area contributed by atoms with Gasteiger partial charge in [-0.15, -0.1) is 0 Å². The number of nitrogens with zero attached hydrogens (tertiary/aromatic N) is 1. The molecule has 2 N–H and O–H groups in total. The van der Waals surface area contributed by atoms with Crippen LogP contribution in [0.1, 0.15) is 13.3 Å². The van der Waals surface area contributed by atoms with E-state index in [0.717, 1.165) is 0 Å². The molecule has 0 aliphatic carbocycles. The van der Waals surface area contributed by atoms with E-state index in [1.165, 1.54) is 4.90 Å². The van der Waals surface area contributed by atoms with Crippen molar-refractivity contribution in [3.8, 4) is 0 Å². The number of rotatable bonds is 5. The van der Waals surface area contributed by atoms with Crippen LogP contribution in [0.5, 0.6) is 0 Å². The number of nitrogens with one attached hydrogen (secondary N) is 1. The van der Waals surface area contributed by atoms with Gasteiger partial charge in [0.2, 0.25) is 5.91 Å². The van der Waals surface area contributed by atoms with Crippen LogP contribution >= 0.6 is 0 Å². The van der Waals surface area contributed by atoms with Crippen molar-refractivity contribution in [2.45, 2.75) is 19.4 Å². The van der Waals surface area contributed by atoms with Crippen LogP contribution in [0.15, 0.2) is 0 Å². The molecule has 5 heteroatoms. The van der Waals surface area contributed by atoms with E-state index in [4.69, 9.17) is 5.11 Å². The molecule has 80 valence electrons. The van der Waals surface area contributed by atoms with Gasteiger partial charge in [0.15, 0.2) is 5.78 Å². The van der Waals surface area contributed by atoms with Gasteiger partial charge in [-0.3, -0.25) is 9.59 Å². The molecule has 1 heterocycles. The average molecular weight is 200 g/mol. The molecule has 0 spiro atoms. The third-order valence-electron chi connectivity index (χ3n) is 2.07. The number of Topliss-reactive ketones (excluding diaryl/α,β-unsaturated/α-hetero) is 1. The lowest BCUT2D eigenvalue weighted by molar-refractivity contribution is -0.127. The van der Waals surface area contributed by atoms with Crippen LogP contribution in [-0.2, 0) is 9.59 Å². The molecule has 14 heavy (non-hydrogen) atoms. The van der Waals surface area contributed by atoms with Crippen LogP contribution < -0.4 is 5.32 Å². The third kappa shape index (κ3) is 3.43. The Kier molecular flexibility index (Phi) is 4.03. The van der Waals surface area contributed by atoms with Crippen LogP contribution in [0, 0.1) is 0 Å². The molecule has 0 bridgehead atoms. The number of hydrogen-bond donors (Lipinski definition) is 2. The maximum atomic E-state index is 11.1. The molecule has 1 aliphatic rings. The second-order valence-corrected chi connectivity index (χ2v) is 3.58. The first-order chi connectivity index (χ1) is 6.59. The fourth-order valence-corrected chi connectivity index (χ4v) is 1.37. The molecular weight excluding hydrogens is 184 g/mol. The summed E-state index contributed by atoms with van der Waals surface area (Å²) in [5.74, 6) is -0.0978. The molecule has 1 fully saturated rings. The highest BCUT2D eigenvalue weighted by atomic mass is 16.3. The van der Waals surface area contributed by atoms with Gasteiger partial charge in [-0.2, -0.15) is 0 Å². The molecule has 0 aromatic rings. The predicted octanol–water partition coefficient (Wildman–Crippen LogP) is -1.24. The monoisotopic (exact) mass is 200 g/mol. The Balaban J connectivity index is 2.13. The lowest BCUT2D eigenvalue weighted by Crippen LogP contribution is -2.35. The summed E-state index contributed by atoms with van der Waals surface area (Å²) in [5, 5.41) is 11.9. The largest absolute Gasteiger partial charge is 0.392 e. The minimum atomic E-state index is -0.383. The Morgan fingerprint density at radius 1 is 1.57 bits per heavy atom. The second-order valence-electron chi connectivity index (χ2n) is 3.58. The molecule has 1 unspecified atom stereocenters. The van der Waals surface area contributed by atoms with Crippen LogP contribution in [0.25, 0.3) is 0 Å². The van der Waals surface area contributed by atoms with Crippen LogP contribution in [0.2, 0.25) is 0 Å². The predicted molar refractivity (Wildman–Crippen MR) is 50.8 cm³/mol. The second kappa shape index (κ2) is 5.07. The number of carbonyl (C=O) groups is 2. The Hall–Kier alpha value is -0.940. The third-order valence-corrected chi connectivity index (χ3v) is 2.07. The molecular formula is C9H16N2O3. The first kappa shape index (κ1) is 11.1. The first-order valence-electron chi connectivity index (χ1n) is 4.78. The summed E-state index contributed by atoms with van der Waals surface area (Å²) in [6, 6.07) is 0. The summed E-state index contributed by atoms with van der Waals surface area (Å²) in [7, 11) is 0. The van der Waals surface area contributed by atoms with Crippen molar-refractivity contribution in [3.63, 3.8) is 0 Å². The first-order valence-corrected chi connectivity index (χ1v) is 4.78. The Morgan fingerprint density at radius 3 is 2.79 bits per heavy atom. The van der Waals surface area contributed by atoms with Gasteiger partial charge in [0, 0.05) is 19.6 Å². The van der Waals surface area contributed by atoms with E-state index in [1.54, 1.807) is 6.92 Å².